The standard InChI is InChI=1S/C16H19F3O.C13H22N2O6/c17-16(18,19)14-9-5-10-15(12-14)20-11-4-3-8-13-6-1-2-7-13;1-2-3-4-5-8-12(16)14-11-13(17)20-9-6-7-10-21-15(18)19/h3,5,8-10,12-13H,1-2,4,6-7,11H2;2-3H,4-11H2,1H3,(H,14,16)/b8-3+;3-2-. The normalized spacial score (nSPS) is 13.6. The summed E-state index contributed by atoms with van der Waals surface area (Å²) in [6.45, 7) is 2.29. The molecule has 41 heavy (non-hydrogen) atoms. The molecule has 0 aromatic heterocycles. The summed E-state index contributed by atoms with van der Waals surface area (Å²) in [5, 5.41) is 11.5. The summed E-state index contributed by atoms with van der Waals surface area (Å²) in [5.41, 5.74) is -0.670. The third-order valence-corrected chi connectivity index (χ3v) is 5.96. The molecular weight excluding hydrogens is 545 g/mol. The molecule has 1 N–H and O–H groups in total. The number of allylic oxidation sites excluding steroid dienone is 3. The molecule has 1 aromatic carbocycles. The van der Waals surface area contributed by atoms with Crippen molar-refractivity contribution in [2.75, 3.05) is 26.4 Å². The van der Waals surface area contributed by atoms with E-state index < -0.39 is 22.8 Å². The predicted molar refractivity (Wildman–Crippen MR) is 147 cm³/mol. The fraction of sp³-hybridized carbons (Fsp3) is 0.586. The van der Waals surface area contributed by atoms with Crippen molar-refractivity contribution in [3.8, 4) is 5.75 Å². The van der Waals surface area contributed by atoms with Crippen LogP contribution in [0.4, 0.5) is 13.2 Å². The molecule has 9 nitrogen and oxygen atoms in total. The first kappa shape index (κ1) is 35.5. The minimum absolute atomic E-state index is 0.0203. The van der Waals surface area contributed by atoms with Crippen molar-refractivity contribution in [1.82, 2.24) is 5.32 Å². The minimum Gasteiger partial charge on any atom is -0.493 e. The van der Waals surface area contributed by atoms with E-state index in [4.69, 9.17) is 9.47 Å². The molecule has 2 rings (SSSR count). The Morgan fingerprint density at radius 1 is 1.07 bits per heavy atom. The van der Waals surface area contributed by atoms with Crippen LogP contribution in [0, 0.1) is 16.0 Å². The molecule has 0 radical (unpaired) electrons. The molecule has 0 bridgehead atoms. The van der Waals surface area contributed by atoms with Crippen LogP contribution in [0.3, 0.4) is 0 Å². The summed E-state index contributed by atoms with van der Waals surface area (Å²) in [6.07, 6.45) is 12.5. The molecule has 0 spiro atoms. The summed E-state index contributed by atoms with van der Waals surface area (Å²) < 4.78 is 47.8. The van der Waals surface area contributed by atoms with E-state index in [1.165, 1.54) is 31.7 Å². The maximum Gasteiger partial charge on any atom is 0.416 e. The lowest BCUT2D eigenvalue weighted by Gasteiger charge is -2.09. The number of ether oxygens (including phenoxy) is 2. The number of unbranched alkanes of at least 4 members (excludes halogenated alkanes) is 2. The highest BCUT2D eigenvalue weighted by molar-refractivity contribution is 5.81. The zero-order valence-corrected chi connectivity index (χ0v) is 23.5. The van der Waals surface area contributed by atoms with Gasteiger partial charge in [-0.3, -0.25) is 9.59 Å². The van der Waals surface area contributed by atoms with Gasteiger partial charge in [0.2, 0.25) is 5.91 Å². The Kier molecular flexibility index (Phi) is 18.3. The van der Waals surface area contributed by atoms with Crippen LogP contribution in [-0.2, 0) is 25.3 Å². The number of benzene rings is 1. The molecular formula is C29H41F3N2O7. The highest BCUT2D eigenvalue weighted by Gasteiger charge is 2.30. The minimum atomic E-state index is -4.32. The average Bonchev–Trinajstić information content (AvgIpc) is 3.45. The Hall–Kier alpha value is -3.57. The van der Waals surface area contributed by atoms with E-state index in [1.807, 2.05) is 19.1 Å². The summed E-state index contributed by atoms with van der Waals surface area (Å²) in [5.74, 6) is 0.250. The zero-order chi connectivity index (χ0) is 30.3. The monoisotopic (exact) mass is 586 g/mol. The van der Waals surface area contributed by atoms with Crippen molar-refractivity contribution >= 4 is 11.9 Å². The van der Waals surface area contributed by atoms with Crippen LogP contribution >= 0.6 is 0 Å². The SMILES string of the molecule is C/C=C\CCCC(=O)NCC(=O)OCCCCO[N+](=O)[O-].FC(F)(F)c1cccc(OCC/C=C/C2CCCC2)c1. The fourth-order valence-corrected chi connectivity index (χ4v) is 3.83. The Morgan fingerprint density at radius 2 is 1.80 bits per heavy atom. The molecule has 1 aliphatic rings. The van der Waals surface area contributed by atoms with Gasteiger partial charge in [-0.2, -0.15) is 13.2 Å². The molecule has 230 valence electrons. The number of hydrogen-bond acceptors (Lipinski definition) is 7. The van der Waals surface area contributed by atoms with Crippen molar-refractivity contribution < 1.29 is 42.2 Å². The van der Waals surface area contributed by atoms with Crippen LogP contribution in [-0.4, -0.2) is 43.3 Å². The Balaban J connectivity index is 0.000000410. The topological polar surface area (TPSA) is 117 Å². The number of carbonyl (C=O) groups excluding carboxylic acids is 2. The summed E-state index contributed by atoms with van der Waals surface area (Å²) >= 11 is 0. The van der Waals surface area contributed by atoms with Crippen LogP contribution in [0.2, 0.25) is 0 Å². The molecule has 0 saturated heterocycles. The van der Waals surface area contributed by atoms with Crippen LogP contribution in [0.15, 0.2) is 48.6 Å². The summed E-state index contributed by atoms with van der Waals surface area (Å²) in [6, 6.07) is 5.01. The predicted octanol–water partition coefficient (Wildman–Crippen LogP) is 6.60. The van der Waals surface area contributed by atoms with Crippen LogP contribution in [0.1, 0.15) is 76.7 Å². The highest BCUT2D eigenvalue weighted by Crippen LogP contribution is 2.31. The highest BCUT2D eigenvalue weighted by atomic mass is 19.4. The third-order valence-electron chi connectivity index (χ3n) is 5.96. The first-order chi connectivity index (χ1) is 19.6. The lowest BCUT2D eigenvalue weighted by Crippen LogP contribution is -2.30. The number of nitrogens with zero attached hydrogens (tertiary/aromatic N) is 1. The number of esters is 1. The van der Waals surface area contributed by atoms with E-state index in [9.17, 15) is 32.9 Å². The molecule has 1 amide bonds. The zero-order valence-electron chi connectivity index (χ0n) is 23.5. The Bertz CT molecular complexity index is 962. The first-order valence-electron chi connectivity index (χ1n) is 13.9. The number of rotatable bonds is 17. The van der Waals surface area contributed by atoms with E-state index in [-0.39, 0.29) is 31.4 Å². The number of amides is 1. The van der Waals surface area contributed by atoms with E-state index in [2.05, 4.69) is 22.3 Å². The molecule has 1 aromatic rings. The average molecular weight is 587 g/mol. The van der Waals surface area contributed by atoms with Crippen molar-refractivity contribution in [2.24, 2.45) is 5.92 Å². The molecule has 0 unspecified atom stereocenters. The first-order valence-corrected chi connectivity index (χ1v) is 13.9. The van der Waals surface area contributed by atoms with Gasteiger partial charge in [0.05, 0.1) is 25.4 Å². The van der Waals surface area contributed by atoms with E-state index in [0.717, 1.165) is 31.4 Å². The van der Waals surface area contributed by atoms with Gasteiger partial charge in [-0.25, -0.2) is 0 Å². The largest absolute Gasteiger partial charge is 0.493 e. The van der Waals surface area contributed by atoms with Crippen molar-refractivity contribution in [3.05, 3.63) is 64.2 Å². The van der Waals surface area contributed by atoms with E-state index >= 15 is 0 Å². The van der Waals surface area contributed by atoms with E-state index in [1.54, 1.807) is 6.07 Å². The molecule has 0 atom stereocenters. The second kappa shape index (κ2) is 21.2. The molecule has 0 heterocycles. The third kappa shape index (κ3) is 19.2. The Morgan fingerprint density at radius 3 is 2.49 bits per heavy atom. The lowest BCUT2D eigenvalue weighted by atomic mass is 10.1. The smallest absolute Gasteiger partial charge is 0.416 e. The quantitative estimate of drug-likeness (QED) is 0.0718. The van der Waals surface area contributed by atoms with Gasteiger partial charge in [-0.05, 0) is 76.0 Å². The molecule has 1 aliphatic carbocycles. The number of alkyl halides is 3. The fourth-order valence-electron chi connectivity index (χ4n) is 3.83. The van der Waals surface area contributed by atoms with Crippen molar-refractivity contribution in [3.63, 3.8) is 0 Å². The maximum absolute atomic E-state index is 12.5. The molecule has 0 aliphatic heterocycles. The molecule has 1 fully saturated rings. The Labute approximate surface area is 239 Å². The van der Waals surface area contributed by atoms with Gasteiger partial charge in [0, 0.05) is 6.42 Å². The van der Waals surface area contributed by atoms with E-state index in [0.29, 0.717) is 31.8 Å². The summed E-state index contributed by atoms with van der Waals surface area (Å²) in [7, 11) is 0. The number of halogens is 3. The molecule has 1 saturated carbocycles. The molecule has 12 heteroatoms. The van der Waals surface area contributed by atoms with Gasteiger partial charge in [-0.15, -0.1) is 10.1 Å². The second-order valence-electron chi connectivity index (χ2n) is 9.36. The maximum atomic E-state index is 12.5. The lowest BCUT2D eigenvalue weighted by molar-refractivity contribution is -0.757. The number of carbonyl (C=O) groups is 2. The van der Waals surface area contributed by atoms with Gasteiger partial charge in [0.15, 0.2) is 0 Å². The van der Waals surface area contributed by atoms with Crippen LogP contribution in [0.5, 0.6) is 5.75 Å². The van der Waals surface area contributed by atoms with Gasteiger partial charge in [-0.1, -0.05) is 43.2 Å². The number of nitrogens with one attached hydrogen (secondary N) is 1. The van der Waals surface area contributed by atoms with Gasteiger partial charge in [0.1, 0.15) is 12.3 Å². The number of hydrogen-bond donors (Lipinski definition) is 1. The van der Waals surface area contributed by atoms with Crippen LogP contribution < -0.4 is 10.1 Å². The van der Waals surface area contributed by atoms with Gasteiger partial charge < -0.3 is 19.6 Å². The second-order valence-corrected chi connectivity index (χ2v) is 9.36. The van der Waals surface area contributed by atoms with Gasteiger partial charge in [0.25, 0.3) is 5.09 Å². The van der Waals surface area contributed by atoms with Crippen molar-refractivity contribution in [1.29, 1.82) is 0 Å². The summed E-state index contributed by atoms with van der Waals surface area (Å²) in [4.78, 5) is 36.6. The van der Waals surface area contributed by atoms with Gasteiger partial charge >= 0.3 is 12.1 Å². The van der Waals surface area contributed by atoms with Crippen molar-refractivity contribution in [2.45, 2.75) is 77.3 Å². The van der Waals surface area contributed by atoms with Crippen LogP contribution in [0.25, 0.3) is 0 Å².